The molecule has 0 saturated carbocycles. The van der Waals surface area contributed by atoms with Crippen LogP contribution in [0.15, 0.2) is 42.0 Å². The molecule has 1 aromatic carbocycles. The van der Waals surface area contributed by atoms with Crippen LogP contribution in [0.3, 0.4) is 0 Å². The Balaban J connectivity index is 2.32. The lowest BCUT2D eigenvalue weighted by Gasteiger charge is -2.25. The topological polar surface area (TPSA) is 20.2 Å². The number of hydrogen-bond acceptors (Lipinski definition) is 1. The zero-order valence-electron chi connectivity index (χ0n) is 8.53. The van der Waals surface area contributed by atoms with E-state index in [2.05, 4.69) is 6.08 Å². The third kappa shape index (κ3) is 1.60. The van der Waals surface area contributed by atoms with Crippen LogP contribution in [0.25, 0.3) is 0 Å². The van der Waals surface area contributed by atoms with Crippen LogP contribution in [0.2, 0.25) is 0 Å². The van der Waals surface area contributed by atoms with Gasteiger partial charge >= 0.3 is 0 Å². The van der Waals surface area contributed by atoms with Crippen molar-refractivity contribution in [3.05, 3.63) is 47.5 Å². The van der Waals surface area contributed by atoms with E-state index in [1.54, 1.807) is 0 Å². The average Bonchev–Trinajstić information content (AvgIpc) is 2.72. The predicted octanol–water partition coefficient (Wildman–Crippen LogP) is 3.00. The Hall–Kier alpha value is -1.08. The van der Waals surface area contributed by atoms with Gasteiger partial charge in [-0.15, -0.1) is 0 Å². The highest BCUT2D eigenvalue weighted by atomic mass is 16.3. The summed E-state index contributed by atoms with van der Waals surface area (Å²) >= 11 is 0. The summed E-state index contributed by atoms with van der Waals surface area (Å²) in [5.41, 5.74) is 1.40. The third-order valence-electron chi connectivity index (χ3n) is 3.00. The van der Waals surface area contributed by atoms with Crippen molar-refractivity contribution in [2.75, 3.05) is 0 Å². The molecule has 1 heteroatoms. The Kier molecular flexibility index (Phi) is 2.42. The van der Waals surface area contributed by atoms with Gasteiger partial charge in [0.15, 0.2) is 0 Å². The van der Waals surface area contributed by atoms with E-state index in [0.717, 1.165) is 18.4 Å². The van der Waals surface area contributed by atoms with Crippen molar-refractivity contribution < 1.29 is 5.11 Å². The highest BCUT2D eigenvalue weighted by molar-refractivity contribution is 5.32. The lowest BCUT2D eigenvalue weighted by Crippen LogP contribution is -2.23. The Morgan fingerprint density at radius 1 is 1.21 bits per heavy atom. The van der Waals surface area contributed by atoms with Crippen LogP contribution in [-0.2, 0) is 5.60 Å². The van der Waals surface area contributed by atoms with E-state index in [0.29, 0.717) is 0 Å². The van der Waals surface area contributed by atoms with Crippen molar-refractivity contribution in [2.45, 2.75) is 31.8 Å². The van der Waals surface area contributed by atoms with Gasteiger partial charge in [0.2, 0.25) is 0 Å². The van der Waals surface area contributed by atoms with Crippen molar-refractivity contribution in [1.29, 1.82) is 0 Å². The fourth-order valence-corrected chi connectivity index (χ4v) is 2.06. The molecule has 1 aliphatic carbocycles. The molecule has 0 aromatic heterocycles. The second kappa shape index (κ2) is 3.58. The molecule has 1 atom stereocenters. The largest absolute Gasteiger partial charge is 0.381 e. The van der Waals surface area contributed by atoms with Gasteiger partial charge in [0.05, 0.1) is 0 Å². The molecule has 1 nitrogen and oxygen atoms in total. The van der Waals surface area contributed by atoms with Crippen LogP contribution in [-0.4, -0.2) is 5.11 Å². The average molecular weight is 188 g/mol. The second-order valence-electron chi connectivity index (χ2n) is 4.06. The molecular weight excluding hydrogens is 172 g/mol. The summed E-state index contributed by atoms with van der Waals surface area (Å²) in [6.45, 7) is 1.89. The first-order valence-corrected chi connectivity index (χ1v) is 5.18. The molecule has 74 valence electrons. The fraction of sp³-hybridized carbons (Fsp3) is 0.385. The zero-order chi connectivity index (χ0) is 10.0. The minimum absolute atomic E-state index is 0.766. The molecule has 1 aliphatic rings. The van der Waals surface area contributed by atoms with E-state index in [9.17, 15) is 5.11 Å². The summed E-state index contributed by atoms with van der Waals surface area (Å²) in [6, 6.07) is 9.89. The zero-order valence-corrected chi connectivity index (χ0v) is 8.53. The molecule has 1 N–H and O–H groups in total. The van der Waals surface area contributed by atoms with E-state index < -0.39 is 5.60 Å². The first-order chi connectivity index (χ1) is 6.71. The van der Waals surface area contributed by atoms with Crippen LogP contribution >= 0.6 is 0 Å². The summed E-state index contributed by atoms with van der Waals surface area (Å²) < 4.78 is 0. The summed E-state index contributed by atoms with van der Waals surface area (Å²) in [5.74, 6) is 0. The molecule has 0 radical (unpaired) electrons. The molecule has 1 aromatic rings. The SMILES string of the molecule is CC(O)(C1=CCCC1)c1ccccc1. The van der Waals surface area contributed by atoms with Crippen LogP contribution in [0, 0.1) is 0 Å². The van der Waals surface area contributed by atoms with E-state index >= 15 is 0 Å². The minimum Gasteiger partial charge on any atom is -0.381 e. The smallest absolute Gasteiger partial charge is 0.108 e. The van der Waals surface area contributed by atoms with Gasteiger partial charge in [0.25, 0.3) is 0 Å². The maximum Gasteiger partial charge on any atom is 0.108 e. The van der Waals surface area contributed by atoms with Crippen molar-refractivity contribution >= 4 is 0 Å². The number of rotatable bonds is 2. The van der Waals surface area contributed by atoms with Gasteiger partial charge in [0, 0.05) is 0 Å². The van der Waals surface area contributed by atoms with Gasteiger partial charge < -0.3 is 5.11 Å². The van der Waals surface area contributed by atoms with E-state index in [1.165, 1.54) is 12.0 Å². The van der Waals surface area contributed by atoms with Crippen molar-refractivity contribution in [3.8, 4) is 0 Å². The van der Waals surface area contributed by atoms with Crippen molar-refractivity contribution in [2.24, 2.45) is 0 Å². The van der Waals surface area contributed by atoms with E-state index in [4.69, 9.17) is 0 Å². The van der Waals surface area contributed by atoms with Gasteiger partial charge in [-0.3, -0.25) is 0 Å². The Bertz CT molecular complexity index is 336. The molecular formula is C13H16O. The van der Waals surface area contributed by atoms with Crippen LogP contribution in [0.5, 0.6) is 0 Å². The standard InChI is InChI=1S/C13H16O/c1-13(14,12-9-5-6-10-12)11-7-3-2-4-8-11/h2-4,7-9,14H,5-6,10H2,1H3. The summed E-state index contributed by atoms with van der Waals surface area (Å²) in [6.07, 6.45) is 5.49. The molecule has 14 heavy (non-hydrogen) atoms. The van der Waals surface area contributed by atoms with Crippen LogP contribution < -0.4 is 0 Å². The molecule has 0 aliphatic heterocycles. The van der Waals surface area contributed by atoms with Gasteiger partial charge in [0.1, 0.15) is 5.60 Å². The maximum atomic E-state index is 10.4. The molecule has 2 rings (SSSR count). The minimum atomic E-state index is -0.766. The molecule has 0 amide bonds. The number of hydrogen-bond donors (Lipinski definition) is 1. The van der Waals surface area contributed by atoms with Crippen LogP contribution in [0.4, 0.5) is 0 Å². The molecule has 0 saturated heterocycles. The summed E-state index contributed by atoms with van der Waals surface area (Å²) in [4.78, 5) is 0. The molecule has 1 unspecified atom stereocenters. The quantitative estimate of drug-likeness (QED) is 0.707. The predicted molar refractivity (Wildman–Crippen MR) is 57.9 cm³/mol. The van der Waals surface area contributed by atoms with Gasteiger partial charge in [-0.1, -0.05) is 36.4 Å². The van der Waals surface area contributed by atoms with Crippen molar-refractivity contribution in [1.82, 2.24) is 0 Å². The highest BCUT2D eigenvalue weighted by Crippen LogP contribution is 2.35. The molecule has 0 bridgehead atoms. The molecule has 0 heterocycles. The third-order valence-corrected chi connectivity index (χ3v) is 3.00. The van der Waals surface area contributed by atoms with Gasteiger partial charge in [-0.2, -0.15) is 0 Å². The highest BCUT2D eigenvalue weighted by Gasteiger charge is 2.28. The monoisotopic (exact) mass is 188 g/mol. The first kappa shape index (κ1) is 9.47. The first-order valence-electron chi connectivity index (χ1n) is 5.18. The Labute approximate surface area is 85.1 Å². The Morgan fingerprint density at radius 3 is 2.50 bits per heavy atom. The lowest BCUT2D eigenvalue weighted by molar-refractivity contribution is 0.0948. The molecule has 0 spiro atoms. The second-order valence-corrected chi connectivity index (χ2v) is 4.06. The molecule has 0 fully saturated rings. The number of benzene rings is 1. The van der Waals surface area contributed by atoms with Gasteiger partial charge in [-0.25, -0.2) is 0 Å². The number of allylic oxidation sites excluding steroid dienone is 1. The van der Waals surface area contributed by atoms with Crippen molar-refractivity contribution in [3.63, 3.8) is 0 Å². The maximum absolute atomic E-state index is 10.4. The summed E-state index contributed by atoms with van der Waals surface area (Å²) in [7, 11) is 0. The summed E-state index contributed by atoms with van der Waals surface area (Å²) in [5, 5.41) is 10.4. The number of aliphatic hydroxyl groups is 1. The van der Waals surface area contributed by atoms with Crippen LogP contribution in [0.1, 0.15) is 31.7 Å². The van der Waals surface area contributed by atoms with Gasteiger partial charge in [-0.05, 0) is 37.3 Å². The lowest BCUT2D eigenvalue weighted by atomic mass is 9.87. The fourth-order valence-electron chi connectivity index (χ4n) is 2.06. The normalized spacial score (nSPS) is 20.3. The van der Waals surface area contributed by atoms with E-state index in [-0.39, 0.29) is 0 Å². The van der Waals surface area contributed by atoms with E-state index in [1.807, 2.05) is 37.3 Å². The Morgan fingerprint density at radius 2 is 1.93 bits per heavy atom.